The fourth-order valence-corrected chi connectivity index (χ4v) is 2.68. The molecule has 140 valence electrons. The van der Waals surface area contributed by atoms with Gasteiger partial charge in [-0.1, -0.05) is 35.9 Å². The molecule has 0 aliphatic rings. The van der Waals surface area contributed by atoms with E-state index in [2.05, 4.69) is 54.3 Å². The first-order chi connectivity index (χ1) is 12.4. The van der Waals surface area contributed by atoms with Gasteiger partial charge >= 0.3 is 0 Å². The summed E-state index contributed by atoms with van der Waals surface area (Å²) in [6, 6.07) is 14.2. The van der Waals surface area contributed by atoms with Crippen molar-refractivity contribution in [2.24, 2.45) is 10.7 Å². The number of hydrogen-bond acceptors (Lipinski definition) is 3. The van der Waals surface area contributed by atoms with Crippen LogP contribution in [0.1, 0.15) is 25.0 Å². The summed E-state index contributed by atoms with van der Waals surface area (Å²) >= 11 is 6.13. The fourth-order valence-electron chi connectivity index (χ4n) is 2.42. The lowest BCUT2D eigenvalue weighted by Gasteiger charge is -2.22. The van der Waals surface area contributed by atoms with E-state index >= 15 is 0 Å². The molecule has 0 fully saturated rings. The largest absolute Gasteiger partial charge is 0.495 e. The molecule has 0 aromatic heterocycles. The molecule has 0 spiro atoms. The van der Waals surface area contributed by atoms with Crippen molar-refractivity contribution in [1.82, 2.24) is 4.90 Å². The molecular formula is C20H27ClN4O. The average Bonchev–Trinajstić information content (AvgIpc) is 2.61. The van der Waals surface area contributed by atoms with E-state index in [1.807, 2.05) is 12.1 Å². The molecular weight excluding hydrogens is 348 g/mol. The van der Waals surface area contributed by atoms with E-state index in [4.69, 9.17) is 22.1 Å². The number of nitrogens with zero attached hydrogens (tertiary/aromatic N) is 2. The van der Waals surface area contributed by atoms with Gasteiger partial charge in [-0.15, -0.1) is 0 Å². The maximum Gasteiger partial charge on any atom is 0.193 e. The summed E-state index contributed by atoms with van der Waals surface area (Å²) in [5, 5.41) is 3.58. The van der Waals surface area contributed by atoms with Gasteiger partial charge in [0.25, 0.3) is 0 Å². The summed E-state index contributed by atoms with van der Waals surface area (Å²) in [4.78, 5) is 6.76. The second-order valence-corrected chi connectivity index (χ2v) is 6.86. The first-order valence-electron chi connectivity index (χ1n) is 8.58. The average molecular weight is 375 g/mol. The molecule has 0 aliphatic carbocycles. The highest BCUT2D eigenvalue weighted by molar-refractivity contribution is 6.32. The smallest absolute Gasteiger partial charge is 0.193 e. The number of halogens is 1. The molecule has 2 aromatic carbocycles. The van der Waals surface area contributed by atoms with Crippen molar-refractivity contribution in [3.05, 3.63) is 58.6 Å². The Labute approximate surface area is 160 Å². The Morgan fingerprint density at radius 2 is 1.92 bits per heavy atom. The molecule has 6 heteroatoms. The Balaban J connectivity index is 2.06. The standard InChI is InChI=1S/C20H27ClN4O/c1-14(2)25(3)13-16-8-6-5-7-15(16)12-23-20(22)24-17-9-10-19(26-4)18(21)11-17/h5-11,14H,12-13H2,1-4H3,(H3,22,23,24). The van der Waals surface area contributed by atoms with Crippen LogP contribution in [0.15, 0.2) is 47.5 Å². The zero-order valence-corrected chi connectivity index (χ0v) is 16.5. The van der Waals surface area contributed by atoms with Crippen LogP contribution in [0.4, 0.5) is 5.69 Å². The van der Waals surface area contributed by atoms with Crippen LogP contribution in [-0.2, 0) is 13.1 Å². The lowest BCUT2D eigenvalue weighted by Crippen LogP contribution is -2.26. The summed E-state index contributed by atoms with van der Waals surface area (Å²) in [5.41, 5.74) is 9.22. The van der Waals surface area contributed by atoms with Gasteiger partial charge in [-0.05, 0) is 50.2 Å². The van der Waals surface area contributed by atoms with Gasteiger partial charge in [0.05, 0.1) is 18.7 Å². The van der Waals surface area contributed by atoms with Gasteiger partial charge in [0.2, 0.25) is 0 Å². The second-order valence-electron chi connectivity index (χ2n) is 6.45. The van der Waals surface area contributed by atoms with Gasteiger partial charge in [0, 0.05) is 18.3 Å². The second kappa shape index (κ2) is 9.46. The third-order valence-electron chi connectivity index (χ3n) is 4.26. The topological polar surface area (TPSA) is 62.9 Å². The van der Waals surface area contributed by atoms with Crippen molar-refractivity contribution in [1.29, 1.82) is 0 Å². The van der Waals surface area contributed by atoms with Crippen LogP contribution in [0.3, 0.4) is 0 Å². The summed E-state index contributed by atoms with van der Waals surface area (Å²) in [7, 11) is 3.70. The molecule has 0 aliphatic heterocycles. The van der Waals surface area contributed by atoms with Crippen molar-refractivity contribution in [2.45, 2.75) is 33.0 Å². The van der Waals surface area contributed by atoms with Crippen molar-refractivity contribution in [2.75, 3.05) is 19.5 Å². The van der Waals surface area contributed by atoms with Gasteiger partial charge in [-0.3, -0.25) is 4.90 Å². The van der Waals surface area contributed by atoms with Gasteiger partial charge in [-0.2, -0.15) is 0 Å². The van der Waals surface area contributed by atoms with Crippen molar-refractivity contribution in [3.63, 3.8) is 0 Å². The fraction of sp³-hybridized carbons (Fsp3) is 0.350. The molecule has 0 saturated carbocycles. The summed E-state index contributed by atoms with van der Waals surface area (Å²) in [6.07, 6.45) is 0. The number of methoxy groups -OCH3 is 1. The minimum atomic E-state index is 0.346. The highest BCUT2D eigenvalue weighted by Crippen LogP contribution is 2.27. The van der Waals surface area contributed by atoms with E-state index in [0.29, 0.717) is 29.3 Å². The first-order valence-corrected chi connectivity index (χ1v) is 8.96. The van der Waals surface area contributed by atoms with Crippen LogP contribution < -0.4 is 15.8 Å². The minimum Gasteiger partial charge on any atom is -0.495 e. The highest BCUT2D eigenvalue weighted by atomic mass is 35.5. The van der Waals surface area contributed by atoms with E-state index in [9.17, 15) is 0 Å². The van der Waals surface area contributed by atoms with E-state index in [-0.39, 0.29) is 0 Å². The molecule has 3 N–H and O–H groups in total. The Hall–Kier alpha value is -2.24. The van der Waals surface area contributed by atoms with E-state index < -0.39 is 0 Å². The van der Waals surface area contributed by atoms with Crippen LogP contribution in [0.2, 0.25) is 5.02 Å². The quantitative estimate of drug-likeness (QED) is 0.565. The molecule has 0 heterocycles. The first kappa shape index (κ1) is 20.1. The predicted octanol–water partition coefficient (Wildman–Crippen LogP) is 4.12. The number of hydrogen-bond donors (Lipinski definition) is 2. The predicted molar refractivity (Wildman–Crippen MR) is 110 cm³/mol. The number of nitrogens with one attached hydrogen (secondary N) is 1. The summed E-state index contributed by atoms with van der Waals surface area (Å²) in [5.74, 6) is 0.967. The third-order valence-corrected chi connectivity index (χ3v) is 4.56. The van der Waals surface area contributed by atoms with E-state index in [1.165, 1.54) is 5.56 Å². The number of nitrogens with two attached hydrogens (primary N) is 1. The third kappa shape index (κ3) is 5.64. The Bertz CT molecular complexity index is 761. The van der Waals surface area contributed by atoms with Crippen LogP contribution >= 0.6 is 11.6 Å². The number of ether oxygens (including phenoxy) is 1. The zero-order chi connectivity index (χ0) is 19.1. The molecule has 5 nitrogen and oxygen atoms in total. The van der Waals surface area contributed by atoms with E-state index in [1.54, 1.807) is 19.2 Å². The molecule has 0 bridgehead atoms. The normalized spacial score (nSPS) is 11.9. The van der Waals surface area contributed by atoms with Crippen LogP contribution in [0.5, 0.6) is 5.75 Å². The number of guanidine groups is 1. The van der Waals surface area contributed by atoms with Crippen molar-refractivity contribution in [3.8, 4) is 5.75 Å². The molecule has 0 saturated heterocycles. The van der Waals surface area contributed by atoms with Crippen LogP contribution in [0.25, 0.3) is 0 Å². The van der Waals surface area contributed by atoms with E-state index in [0.717, 1.165) is 17.8 Å². The molecule has 0 unspecified atom stereocenters. The molecule has 2 aromatic rings. The van der Waals surface area contributed by atoms with Crippen molar-refractivity contribution < 1.29 is 4.74 Å². The van der Waals surface area contributed by atoms with Gasteiger partial charge in [0.1, 0.15) is 5.75 Å². The maximum absolute atomic E-state index is 6.13. The van der Waals surface area contributed by atoms with Gasteiger partial charge < -0.3 is 15.8 Å². The minimum absolute atomic E-state index is 0.346. The van der Waals surface area contributed by atoms with Crippen LogP contribution in [0, 0.1) is 0 Å². The number of rotatable bonds is 7. The van der Waals surface area contributed by atoms with Crippen molar-refractivity contribution >= 4 is 23.2 Å². The Kier molecular flexibility index (Phi) is 7.30. The number of benzene rings is 2. The number of anilines is 1. The lowest BCUT2D eigenvalue weighted by molar-refractivity contribution is 0.265. The lowest BCUT2D eigenvalue weighted by atomic mass is 10.1. The molecule has 26 heavy (non-hydrogen) atoms. The maximum atomic E-state index is 6.13. The van der Waals surface area contributed by atoms with Crippen LogP contribution in [-0.4, -0.2) is 31.1 Å². The summed E-state index contributed by atoms with van der Waals surface area (Å²) in [6.45, 7) is 5.76. The highest BCUT2D eigenvalue weighted by Gasteiger charge is 2.08. The molecule has 0 atom stereocenters. The summed E-state index contributed by atoms with van der Waals surface area (Å²) < 4.78 is 5.15. The number of aliphatic imine (C=N–C) groups is 1. The Morgan fingerprint density at radius 3 is 2.54 bits per heavy atom. The molecule has 2 rings (SSSR count). The Morgan fingerprint density at radius 1 is 1.23 bits per heavy atom. The SMILES string of the molecule is COc1ccc(NC(N)=NCc2ccccc2CN(C)C(C)C)cc1Cl. The van der Waals surface area contributed by atoms with Gasteiger partial charge in [0.15, 0.2) is 5.96 Å². The van der Waals surface area contributed by atoms with Gasteiger partial charge in [-0.25, -0.2) is 4.99 Å². The zero-order valence-electron chi connectivity index (χ0n) is 15.8. The molecule has 0 amide bonds. The monoisotopic (exact) mass is 374 g/mol. The molecule has 0 radical (unpaired) electrons.